The van der Waals surface area contributed by atoms with E-state index in [1.165, 1.54) is 12.1 Å². The van der Waals surface area contributed by atoms with Gasteiger partial charge in [-0.25, -0.2) is 13.1 Å². The Balaban J connectivity index is 1.69. The maximum Gasteiger partial charge on any atom is 0.240 e. The second-order valence-corrected chi connectivity index (χ2v) is 6.30. The zero-order valence-electron chi connectivity index (χ0n) is 11.2. The molecular formula is C14H15NO5S. The van der Waals surface area contributed by atoms with Crippen molar-refractivity contribution < 1.29 is 22.3 Å². The summed E-state index contributed by atoms with van der Waals surface area (Å²) in [5.74, 6) is 1.76. The molecule has 1 aliphatic heterocycles. The lowest BCUT2D eigenvalue weighted by Gasteiger charge is -2.18. The predicted octanol–water partition coefficient (Wildman–Crippen LogP) is 1.57. The van der Waals surface area contributed by atoms with Gasteiger partial charge in [-0.2, -0.15) is 0 Å². The smallest absolute Gasteiger partial charge is 0.240 e. The summed E-state index contributed by atoms with van der Waals surface area (Å²) in [7, 11) is -3.57. The third-order valence-corrected chi connectivity index (χ3v) is 4.53. The van der Waals surface area contributed by atoms with Crippen molar-refractivity contribution in [3.63, 3.8) is 0 Å². The van der Waals surface area contributed by atoms with Crippen molar-refractivity contribution in [2.45, 2.75) is 11.3 Å². The average molecular weight is 309 g/mol. The fourth-order valence-corrected chi connectivity index (χ4v) is 3.08. The summed E-state index contributed by atoms with van der Waals surface area (Å²) in [6, 6.07) is 8.16. The molecule has 6 nitrogen and oxygen atoms in total. The van der Waals surface area contributed by atoms with Crippen molar-refractivity contribution in [2.24, 2.45) is 0 Å². The Morgan fingerprint density at radius 3 is 2.67 bits per heavy atom. The molecule has 3 rings (SSSR count). The Labute approximate surface area is 122 Å². The van der Waals surface area contributed by atoms with E-state index in [2.05, 4.69) is 4.72 Å². The summed E-state index contributed by atoms with van der Waals surface area (Å²) >= 11 is 0. The standard InChI is InChI=1S/C14H15NO5S/c16-21(17,15-6-5-11-2-1-7-18-11)12-3-4-13-14(10-12)20-9-8-19-13/h1-4,7,10,15H,5-6,8-9H2. The number of hydrogen-bond acceptors (Lipinski definition) is 5. The Morgan fingerprint density at radius 1 is 1.10 bits per heavy atom. The van der Waals surface area contributed by atoms with Gasteiger partial charge in [-0.05, 0) is 24.3 Å². The van der Waals surface area contributed by atoms with E-state index in [9.17, 15) is 8.42 Å². The van der Waals surface area contributed by atoms with Gasteiger partial charge in [0.25, 0.3) is 0 Å². The second-order valence-electron chi connectivity index (χ2n) is 4.53. The molecule has 1 aromatic heterocycles. The van der Waals surface area contributed by atoms with Gasteiger partial charge < -0.3 is 13.9 Å². The number of rotatable bonds is 5. The van der Waals surface area contributed by atoms with E-state index in [1.54, 1.807) is 24.5 Å². The molecule has 112 valence electrons. The van der Waals surface area contributed by atoms with Crippen LogP contribution in [0.1, 0.15) is 5.76 Å². The van der Waals surface area contributed by atoms with Crippen LogP contribution in [0.2, 0.25) is 0 Å². The number of nitrogens with one attached hydrogen (secondary N) is 1. The molecule has 1 aromatic carbocycles. The first-order chi connectivity index (χ1) is 10.1. The molecule has 0 unspecified atom stereocenters. The van der Waals surface area contributed by atoms with Crippen LogP contribution in [0.4, 0.5) is 0 Å². The molecule has 1 aliphatic rings. The monoisotopic (exact) mass is 309 g/mol. The van der Waals surface area contributed by atoms with Crippen LogP contribution in [-0.4, -0.2) is 28.2 Å². The van der Waals surface area contributed by atoms with Gasteiger partial charge in [0.05, 0.1) is 11.2 Å². The fraction of sp³-hybridized carbons (Fsp3) is 0.286. The SMILES string of the molecule is O=S(=O)(NCCc1ccco1)c1ccc2c(c1)OCCO2. The molecule has 0 bridgehead atoms. The van der Waals surface area contributed by atoms with Crippen molar-refractivity contribution in [2.75, 3.05) is 19.8 Å². The van der Waals surface area contributed by atoms with Crippen LogP contribution in [0.3, 0.4) is 0 Å². The lowest BCUT2D eigenvalue weighted by atomic mass is 10.3. The molecule has 0 atom stereocenters. The average Bonchev–Trinajstić information content (AvgIpc) is 3.00. The summed E-state index contributed by atoms with van der Waals surface area (Å²) in [5, 5.41) is 0. The van der Waals surface area contributed by atoms with Crippen LogP contribution >= 0.6 is 0 Å². The molecule has 0 amide bonds. The molecule has 2 aromatic rings. The summed E-state index contributed by atoms with van der Waals surface area (Å²) in [6.45, 7) is 1.16. The van der Waals surface area contributed by atoms with Crippen LogP contribution < -0.4 is 14.2 Å². The lowest BCUT2D eigenvalue weighted by Crippen LogP contribution is -2.26. The Morgan fingerprint density at radius 2 is 1.90 bits per heavy atom. The van der Waals surface area contributed by atoms with Gasteiger partial charge in [0.1, 0.15) is 19.0 Å². The summed E-state index contributed by atoms with van der Waals surface area (Å²) in [4.78, 5) is 0.159. The van der Waals surface area contributed by atoms with E-state index in [4.69, 9.17) is 13.9 Å². The third-order valence-electron chi connectivity index (χ3n) is 3.07. The van der Waals surface area contributed by atoms with E-state index in [1.807, 2.05) is 0 Å². The normalized spacial score (nSPS) is 14.1. The molecule has 0 radical (unpaired) electrons. The highest BCUT2D eigenvalue weighted by molar-refractivity contribution is 7.89. The second kappa shape index (κ2) is 5.79. The molecule has 0 spiro atoms. The lowest BCUT2D eigenvalue weighted by molar-refractivity contribution is 0.171. The Bertz CT molecular complexity index is 709. The third kappa shape index (κ3) is 3.20. The van der Waals surface area contributed by atoms with Crippen LogP contribution in [0.25, 0.3) is 0 Å². The number of fused-ring (bicyclic) bond motifs is 1. The van der Waals surface area contributed by atoms with Gasteiger partial charge in [0.15, 0.2) is 11.5 Å². The van der Waals surface area contributed by atoms with Crippen molar-refractivity contribution >= 4 is 10.0 Å². The number of benzene rings is 1. The molecule has 0 fully saturated rings. The number of furan rings is 1. The zero-order chi connectivity index (χ0) is 14.7. The Kier molecular flexibility index (Phi) is 3.85. The van der Waals surface area contributed by atoms with Crippen LogP contribution in [0.5, 0.6) is 11.5 Å². The maximum absolute atomic E-state index is 12.2. The minimum absolute atomic E-state index is 0.159. The molecule has 0 saturated heterocycles. The molecule has 7 heteroatoms. The molecular weight excluding hydrogens is 294 g/mol. The van der Waals surface area contributed by atoms with E-state index in [0.717, 1.165) is 5.76 Å². The molecule has 21 heavy (non-hydrogen) atoms. The van der Waals surface area contributed by atoms with Gasteiger partial charge in [-0.1, -0.05) is 0 Å². The first-order valence-corrected chi connectivity index (χ1v) is 8.05. The highest BCUT2D eigenvalue weighted by atomic mass is 32.2. The maximum atomic E-state index is 12.2. The van der Waals surface area contributed by atoms with Crippen LogP contribution in [0, 0.1) is 0 Å². The number of ether oxygens (including phenoxy) is 2. The molecule has 2 heterocycles. The number of hydrogen-bond donors (Lipinski definition) is 1. The quantitative estimate of drug-likeness (QED) is 0.907. The van der Waals surface area contributed by atoms with Crippen molar-refractivity contribution in [3.8, 4) is 11.5 Å². The van der Waals surface area contributed by atoms with Crippen molar-refractivity contribution in [3.05, 3.63) is 42.4 Å². The first kappa shape index (κ1) is 14.0. The zero-order valence-corrected chi connectivity index (χ0v) is 12.1. The van der Waals surface area contributed by atoms with Crippen LogP contribution in [-0.2, 0) is 16.4 Å². The Hall–Kier alpha value is -1.99. The van der Waals surface area contributed by atoms with E-state index < -0.39 is 10.0 Å². The highest BCUT2D eigenvalue weighted by Crippen LogP contribution is 2.32. The summed E-state index contributed by atoms with van der Waals surface area (Å²) in [6.07, 6.45) is 2.06. The fourth-order valence-electron chi connectivity index (χ4n) is 2.04. The summed E-state index contributed by atoms with van der Waals surface area (Å²) < 4.78 is 42.9. The van der Waals surface area contributed by atoms with Gasteiger partial charge in [0.2, 0.25) is 10.0 Å². The van der Waals surface area contributed by atoms with Gasteiger partial charge in [-0.15, -0.1) is 0 Å². The molecule has 1 N–H and O–H groups in total. The van der Waals surface area contributed by atoms with Gasteiger partial charge in [0, 0.05) is 19.0 Å². The minimum atomic E-state index is -3.57. The van der Waals surface area contributed by atoms with Crippen molar-refractivity contribution in [1.82, 2.24) is 4.72 Å². The van der Waals surface area contributed by atoms with E-state index >= 15 is 0 Å². The van der Waals surface area contributed by atoms with Crippen LogP contribution in [0.15, 0.2) is 45.9 Å². The summed E-state index contributed by atoms with van der Waals surface area (Å²) in [5.41, 5.74) is 0. The molecule has 0 saturated carbocycles. The molecule has 0 aliphatic carbocycles. The topological polar surface area (TPSA) is 77.8 Å². The van der Waals surface area contributed by atoms with Gasteiger partial charge in [-0.3, -0.25) is 0 Å². The first-order valence-electron chi connectivity index (χ1n) is 6.57. The van der Waals surface area contributed by atoms with E-state index in [0.29, 0.717) is 31.1 Å². The van der Waals surface area contributed by atoms with Gasteiger partial charge >= 0.3 is 0 Å². The predicted molar refractivity (Wildman–Crippen MR) is 75.0 cm³/mol. The van der Waals surface area contributed by atoms with E-state index in [-0.39, 0.29) is 11.4 Å². The van der Waals surface area contributed by atoms with Crippen molar-refractivity contribution in [1.29, 1.82) is 0 Å². The largest absolute Gasteiger partial charge is 0.486 e. The highest BCUT2D eigenvalue weighted by Gasteiger charge is 2.19. The number of sulfonamides is 1. The minimum Gasteiger partial charge on any atom is -0.486 e.